The maximum Gasteiger partial charge on any atom is 0.241 e. The van der Waals surface area contributed by atoms with Crippen molar-refractivity contribution >= 4 is 38.1 Å². The van der Waals surface area contributed by atoms with E-state index in [0.717, 1.165) is 0 Å². The molecule has 1 atom stereocenters. The smallest absolute Gasteiger partial charge is 0.241 e. The number of sulfonamides is 1. The molecule has 6 nitrogen and oxygen atoms in total. The molecular formula is C12H15ClN4O2S2. The number of halogens is 1. The van der Waals surface area contributed by atoms with Gasteiger partial charge >= 0.3 is 0 Å². The summed E-state index contributed by atoms with van der Waals surface area (Å²) in [4.78, 5) is 0.148. The second kappa shape index (κ2) is 6.27. The molecule has 0 bridgehead atoms. The molecule has 0 saturated carbocycles. The zero-order valence-electron chi connectivity index (χ0n) is 11.4. The van der Waals surface area contributed by atoms with Gasteiger partial charge in [-0.1, -0.05) is 36.8 Å². The lowest BCUT2D eigenvalue weighted by Crippen LogP contribution is -2.31. The summed E-state index contributed by atoms with van der Waals surface area (Å²) < 4.78 is 27.5. The van der Waals surface area contributed by atoms with E-state index in [9.17, 15) is 8.42 Å². The third-order valence-corrected chi connectivity index (χ3v) is 5.34. The van der Waals surface area contributed by atoms with Crippen LogP contribution in [0.5, 0.6) is 0 Å². The summed E-state index contributed by atoms with van der Waals surface area (Å²) in [6, 6.07) is 5.49. The highest BCUT2D eigenvalue weighted by Crippen LogP contribution is 2.27. The van der Waals surface area contributed by atoms with Crippen LogP contribution in [0.4, 0.5) is 5.13 Å². The third kappa shape index (κ3) is 3.91. The molecule has 1 aromatic heterocycles. The van der Waals surface area contributed by atoms with Gasteiger partial charge < -0.3 is 5.73 Å². The van der Waals surface area contributed by atoms with Crippen molar-refractivity contribution in [3.05, 3.63) is 34.3 Å². The fourth-order valence-corrected chi connectivity index (χ4v) is 4.08. The number of hydrogen-bond donors (Lipinski definition) is 2. The van der Waals surface area contributed by atoms with Crippen LogP contribution >= 0.6 is 22.9 Å². The van der Waals surface area contributed by atoms with Gasteiger partial charge in [0.05, 0.1) is 10.9 Å². The van der Waals surface area contributed by atoms with Crippen LogP contribution in [0.3, 0.4) is 0 Å². The second-order valence-electron chi connectivity index (χ2n) is 4.78. The van der Waals surface area contributed by atoms with E-state index in [-0.39, 0.29) is 10.8 Å². The monoisotopic (exact) mass is 346 g/mol. The van der Waals surface area contributed by atoms with Crippen LogP contribution in [-0.4, -0.2) is 18.6 Å². The van der Waals surface area contributed by atoms with E-state index >= 15 is 0 Å². The Morgan fingerprint density at radius 1 is 1.24 bits per heavy atom. The Morgan fingerprint density at radius 2 is 1.86 bits per heavy atom. The molecule has 0 aliphatic rings. The van der Waals surface area contributed by atoms with E-state index < -0.39 is 16.1 Å². The largest absolute Gasteiger partial charge is 0.374 e. The zero-order valence-corrected chi connectivity index (χ0v) is 13.8. The van der Waals surface area contributed by atoms with E-state index in [1.54, 1.807) is 0 Å². The fraction of sp³-hybridized carbons (Fsp3) is 0.333. The van der Waals surface area contributed by atoms with Gasteiger partial charge in [0, 0.05) is 5.02 Å². The number of aromatic nitrogens is 2. The highest BCUT2D eigenvalue weighted by Gasteiger charge is 2.26. The molecule has 0 aliphatic heterocycles. The first-order valence-electron chi connectivity index (χ1n) is 6.16. The van der Waals surface area contributed by atoms with Gasteiger partial charge in [-0.05, 0) is 30.2 Å². The molecule has 1 heterocycles. The summed E-state index contributed by atoms with van der Waals surface area (Å²) in [7, 11) is -3.67. The van der Waals surface area contributed by atoms with Crippen LogP contribution in [0.1, 0.15) is 24.9 Å². The van der Waals surface area contributed by atoms with Crippen molar-refractivity contribution in [2.45, 2.75) is 24.8 Å². The van der Waals surface area contributed by atoms with Gasteiger partial charge in [0.2, 0.25) is 15.2 Å². The molecule has 0 aliphatic carbocycles. The Kier molecular flexibility index (Phi) is 4.82. The molecule has 114 valence electrons. The van der Waals surface area contributed by atoms with Gasteiger partial charge in [0.25, 0.3) is 0 Å². The molecule has 0 saturated heterocycles. The number of rotatable bonds is 5. The lowest BCUT2D eigenvalue weighted by Gasteiger charge is -2.19. The zero-order chi connectivity index (χ0) is 15.6. The highest BCUT2D eigenvalue weighted by molar-refractivity contribution is 7.89. The molecule has 1 unspecified atom stereocenters. The number of nitrogens with zero attached hydrogens (tertiary/aromatic N) is 2. The van der Waals surface area contributed by atoms with E-state index in [0.29, 0.717) is 15.2 Å². The van der Waals surface area contributed by atoms with Crippen LogP contribution in [0, 0.1) is 5.92 Å². The number of hydrogen-bond acceptors (Lipinski definition) is 6. The normalized spacial score (nSPS) is 13.5. The van der Waals surface area contributed by atoms with Crippen LogP contribution in [-0.2, 0) is 10.0 Å². The van der Waals surface area contributed by atoms with Gasteiger partial charge in [0.1, 0.15) is 5.01 Å². The third-order valence-electron chi connectivity index (χ3n) is 2.80. The van der Waals surface area contributed by atoms with Crippen molar-refractivity contribution < 1.29 is 8.42 Å². The first kappa shape index (κ1) is 16.2. The predicted octanol–water partition coefficient (Wildman–Crippen LogP) is 2.45. The maximum atomic E-state index is 12.4. The van der Waals surface area contributed by atoms with E-state index in [2.05, 4.69) is 14.9 Å². The molecule has 0 spiro atoms. The average Bonchev–Trinajstić information content (AvgIpc) is 2.82. The van der Waals surface area contributed by atoms with E-state index in [1.807, 2.05) is 13.8 Å². The van der Waals surface area contributed by atoms with Crippen molar-refractivity contribution in [3.8, 4) is 0 Å². The predicted molar refractivity (Wildman–Crippen MR) is 83.7 cm³/mol. The van der Waals surface area contributed by atoms with Crippen molar-refractivity contribution in [1.29, 1.82) is 0 Å². The van der Waals surface area contributed by atoms with E-state index in [4.69, 9.17) is 17.3 Å². The van der Waals surface area contributed by atoms with Crippen molar-refractivity contribution in [1.82, 2.24) is 14.9 Å². The summed E-state index contributed by atoms with van der Waals surface area (Å²) in [5, 5.41) is 8.98. The van der Waals surface area contributed by atoms with Crippen molar-refractivity contribution in [3.63, 3.8) is 0 Å². The molecule has 2 rings (SSSR count). The lowest BCUT2D eigenvalue weighted by molar-refractivity contribution is 0.459. The van der Waals surface area contributed by atoms with Gasteiger partial charge in [-0.3, -0.25) is 0 Å². The van der Waals surface area contributed by atoms with Gasteiger partial charge in [0.15, 0.2) is 0 Å². The topological polar surface area (TPSA) is 98.0 Å². The fourth-order valence-electron chi connectivity index (χ4n) is 1.69. The van der Waals surface area contributed by atoms with E-state index in [1.165, 1.54) is 35.6 Å². The number of benzene rings is 1. The minimum atomic E-state index is -3.67. The molecule has 0 radical (unpaired) electrons. The Bertz CT molecular complexity index is 713. The Labute approximate surface area is 132 Å². The molecule has 9 heteroatoms. The molecule has 21 heavy (non-hydrogen) atoms. The highest BCUT2D eigenvalue weighted by atomic mass is 35.5. The molecule has 1 aromatic carbocycles. The standard InChI is InChI=1S/C12H15ClN4O2S2/c1-7(2)10(11-15-16-12(14)20-11)17-21(18,19)9-5-3-8(13)4-6-9/h3-7,10,17H,1-2H3,(H2,14,16). The molecule has 0 fully saturated rings. The Morgan fingerprint density at radius 3 is 2.33 bits per heavy atom. The van der Waals surface area contributed by atoms with Crippen LogP contribution in [0.25, 0.3) is 0 Å². The summed E-state index contributed by atoms with van der Waals surface area (Å²) >= 11 is 6.94. The first-order chi connectivity index (χ1) is 9.79. The minimum Gasteiger partial charge on any atom is -0.374 e. The maximum absolute atomic E-state index is 12.4. The Balaban J connectivity index is 2.30. The summed E-state index contributed by atoms with van der Waals surface area (Å²) in [5.41, 5.74) is 5.56. The molecule has 2 aromatic rings. The number of anilines is 1. The molecular weight excluding hydrogens is 332 g/mol. The summed E-state index contributed by atoms with van der Waals surface area (Å²) in [6.45, 7) is 3.79. The Hall–Kier alpha value is -1.22. The minimum absolute atomic E-state index is 0.000532. The lowest BCUT2D eigenvalue weighted by atomic mass is 10.1. The second-order valence-corrected chi connectivity index (χ2v) is 7.97. The number of nitrogens with one attached hydrogen (secondary N) is 1. The van der Waals surface area contributed by atoms with Crippen molar-refractivity contribution in [2.75, 3.05) is 5.73 Å². The van der Waals surface area contributed by atoms with Gasteiger partial charge in [-0.25, -0.2) is 13.1 Å². The van der Waals surface area contributed by atoms with Gasteiger partial charge in [-0.15, -0.1) is 10.2 Å². The van der Waals surface area contributed by atoms with Crippen LogP contribution in [0.2, 0.25) is 5.02 Å². The molecule has 0 amide bonds. The summed E-state index contributed by atoms with van der Waals surface area (Å²) in [5.74, 6) is -0.000532. The molecule has 3 N–H and O–H groups in total. The first-order valence-corrected chi connectivity index (χ1v) is 8.84. The van der Waals surface area contributed by atoms with Crippen LogP contribution < -0.4 is 10.5 Å². The van der Waals surface area contributed by atoms with Crippen molar-refractivity contribution in [2.24, 2.45) is 5.92 Å². The quantitative estimate of drug-likeness (QED) is 0.866. The number of nitrogen functional groups attached to an aromatic ring is 1. The SMILES string of the molecule is CC(C)C(NS(=O)(=O)c1ccc(Cl)cc1)c1nnc(N)s1. The van der Waals surface area contributed by atoms with Gasteiger partial charge in [-0.2, -0.15) is 0 Å². The number of nitrogens with two attached hydrogens (primary N) is 1. The summed E-state index contributed by atoms with van der Waals surface area (Å²) in [6.07, 6.45) is 0. The average molecular weight is 347 g/mol. The van der Waals surface area contributed by atoms with Crippen LogP contribution in [0.15, 0.2) is 29.2 Å².